The summed E-state index contributed by atoms with van der Waals surface area (Å²) < 4.78 is 49.3. The maximum absolute atomic E-state index is 12.5. The zero-order chi connectivity index (χ0) is 21.7. The number of carbonyl (C=O) groups is 1. The Kier molecular flexibility index (Phi) is 5.14. The Morgan fingerprint density at radius 1 is 1.23 bits per heavy atom. The summed E-state index contributed by atoms with van der Waals surface area (Å²) >= 11 is 0. The van der Waals surface area contributed by atoms with Gasteiger partial charge in [0.15, 0.2) is 12.0 Å². The summed E-state index contributed by atoms with van der Waals surface area (Å²) in [4.78, 5) is 15.2. The van der Waals surface area contributed by atoms with Crippen LogP contribution < -0.4 is 5.73 Å². The first-order valence-corrected chi connectivity index (χ1v) is 10.6. The number of aromatic nitrogens is 3. The third-order valence-corrected chi connectivity index (χ3v) is 6.11. The lowest BCUT2D eigenvalue weighted by atomic mass is 10.1. The second-order valence-corrected chi connectivity index (χ2v) is 9.21. The Bertz CT molecular complexity index is 1050. The molecular formula is C18H22N4O7S. The summed E-state index contributed by atoms with van der Waals surface area (Å²) in [5.41, 5.74) is 6.13. The minimum atomic E-state index is -3.98. The van der Waals surface area contributed by atoms with Crippen LogP contribution in [0.2, 0.25) is 0 Å². The van der Waals surface area contributed by atoms with Gasteiger partial charge >= 0.3 is 0 Å². The summed E-state index contributed by atoms with van der Waals surface area (Å²) in [6.07, 6.45) is -1.49. The Balaban J connectivity index is 1.53. The topological polar surface area (TPSA) is 145 Å². The molecule has 162 valence electrons. The monoisotopic (exact) mass is 438 g/mol. The standard InChI is InChI=1S/C18H22N4O7S/c1-10-4-6-11(7-5-10)30(24,25)26-8-12-13-14(29-18(2,3)28-13)17(27-12)22-9-20-16(21-22)15(19)23/h4-7,9,12-14,17H,8H2,1-3H3,(H2,19,23). The number of hydrogen-bond acceptors (Lipinski definition) is 9. The van der Waals surface area contributed by atoms with Crippen molar-refractivity contribution in [2.45, 2.75) is 56.0 Å². The van der Waals surface area contributed by atoms with Crippen LogP contribution in [-0.4, -0.2) is 59.8 Å². The zero-order valence-electron chi connectivity index (χ0n) is 16.6. The highest BCUT2D eigenvalue weighted by Gasteiger charge is 2.56. The minimum absolute atomic E-state index is 0.0468. The van der Waals surface area contributed by atoms with Crippen LogP contribution >= 0.6 is 0 Å². The van der Waals surface area contributed by atoms with Crippen LogP contribution in [0.5, 0.6) is 0 Å². The summed E-state index contributed by atoms with van der Waals surface area (Å²) in [6, 6.07) is 6.33. The highest BCUT2D eigenvalue weighted by molar-refractivity contribution is 7.86. The number of carbonyl (C=O) groups excluding carboxylic acids is 1. The van der Waals surface area contributed by atoms with Gasteiger partial charge in [0, 0.05) is 0 Å². The summed E-state index contributed by atoms with van der Waals surface area (Å²) in [7, 11) is -3.98. The van der Waals surface area contributed by atoms with Crippen molar-refractivity contribution in [3.63, 3.8) is 0 Å². The van der Waals surface area contributed by atoms with Crippen LogP contribution in [0.1, 0.15) is 36.3 Å². The molecule has 0 spiro atoms. The van der Waals surface area contributed by atoms with Crippen LogP contribution in [0, 0.1) is 6.92 Å². The third-order valence-electron chi connectivity index (χ3n) is 4.81. The van der Waals surface area contributed by atoms with Gasteiger partial charge in [0.2, 0.25) is 5.82 Å². The fourth-order valence-corrected chi connectivity index (χ4v) is 4.36. The maximum atomic E-state index is 12.5. The number of hydrogen-bond donors (Lipinski definition) is 1. The van der Waals surface area contributed by atoms with Crippen molar-refractivity contribution in [1.29, 1.82) is 0 Å². The van der Waals surface area contributed by atoms with E-state index in [0.717, 1.165) is 5.56 Å². The molecule has 2 fully saturated rings. The van der Waals surface area contributed by atoms with Gasteiger partial charge in [-0.25, -0.2) is 9.67 Å². The van der Waals surface area contributed by atoms with Gasteiger partial charge in [-0.05, 0) is 32.9 Å². The Labute approximate surface area is 173 Å². The summed E-state index contributed by atoms with van der Waals surface area (Å²) in [6.45, 7) is 5.04. The molecule has 4 rings (SSSR count). The van der Waals surface area contributed by atoms with Crippen LogP contribution in [0.15, 0.2) is 35.5 Å². The molecule has 2 aliphatic heterocycles. The van der Waals surface area contributed by atoms with Crippen molar-refractivity contribution >= 4 is 16.0 Å². The Morgan fingerprint density at radius 3 is 2.53 bits per heavy atom. The average molecular weight is 438 g/mol. The highest BCUT2D eigenvalue weighted by Crippen LogP contribution is 2.43. The van der Waals surface area contributed by atoms with E-state index in [0.29, 0.717) is 0 Å². The molecule has 3 heterocycles. The van der Waals surface area contributed by atoms with Gasteiger partial charge in [-0.15, -0.1) is 5.10 Å². The fraction of sp³-hybridized carbons (Fsp3) is 0.500. The number of fused-ring (bicyclic) bond motifs is 1. The molecule has 2 saturated heterocycles. The van der Waals surface area contributed by atoms with Crippen LogP contribution in [0.3, 0.4) is 0 Å². The van der Waals surface area contributed by atoms with Gasteiger partial charge in [-0.1, -0.05) is 17.7 Å². The quantitative estimate of drug-likeness (QED) is 0.638. The maximum Gasteiger partial charge on any atom is 0.297 e. The number of amides is 1. The number of nitrogens with zero attached hydrogens (tertiary/aromatic N) is 3. The smallest absolute Gasteiger partial charge is 0.297 e. The van der Waals surface area contributed by atoms with Gasteiger partial charge in [0.05, 0.1) is 11.5 Å². The highest BCUT2D eigenvalue weighted by atomic mass is 32.2. The van der Waals surface area contributed by atoms with E-state index in [4.69, 9.17) is 24.1 Å². The number of benzene rings is 1. The lowest BCUT2D eigenvalue weighted by Crippen LogP contribution is -2.33. The first kappa shape index (κ1) is 20.9. The fourth-order valence-electron chi connectivity index (χ4n) is 3.45. The molecule has 4 unspecified atom stereocenters. The Hall–Kier alpha value is -2.38. The lowest BCUT2D eigenvalue weighted by Gasteiger charge is -2.24. The van der Waals surface area contributed by atoms with E-state index in [1.165, 1.54) is 23.1 Å². The SMILES string of the molecule is Cc1ccc(S(=O)(=O)OCC2OC(n3cnc(C(N)=O)n3)C3OC(C)(C)OC23)cc1. The zero-order valence-corrected chi connectivity index (χ0v) is 17.4. The van der Waals surface area contributed by atoms with Crippen LogP contribution in [0.25, 0.3) is 0 Å². The largest absolute Gasteiger partial charge is 0.363 e. The molecule has 4 atom stereocenters. The number of nitrogens with two attached hydrogens (primary N) is 1. The molecule has 2 aromatic rings. The Morgan fingerprint density at radius 2 is 1.90 bits per heavy atom. The molecule has 1 amide bonds. The van der Waals surface area contributed by atoms with E-state index in [1.807, 2.05) is 6.92 Å². The summed E-state index contributed by atoms with van der Waals surface area (Å²) in [5, 5.41) is 4.01. The molecular weight excluding hydrogens is 416 g/mol. The normalized spacial score (nSPS) is 27.8. The molecule has 1 aromatic heterocycles. The average Bonchev–Trinajstić information content (AvgIpc) is 3.34. The van der Waals surface area contributed by atoms with E-state index in [2.05, 4.69) is 10.1 Å². The molecule has 0 aliphatic carbocycles. The molecule has 1 aromatic carbocycles. The summed E-state index contributed by atoms with van der Waals surface area (Å²) in [5.74, 6) is -1.87. The molecule has 0 saturated carbocycles. The lowest BCUT2D eigenvalue weighted by molar-refractivity contribution is -0.200. The first-order valence-electron chi connectivity index (χ1n) is 9.24. The van der Waals surface area contributed by atoms with E-state index in [9.17, 15) is 13.2 Å². The molecule has 12 heteroatoms. The van der Waals surface area contributed by atoms with Crippen molar-refractivity contribution in [3.8, 4) is 0 Å². The van der Waals surface area contributed by atoms with Gasteiger partial charge in [-0.3, -0.25) is 8.98 Å². The van der Waals surface area contributed by atoms with E-state index in [-0.39, 0.29) is 17.3 Å². The van der Waals surface area contributed by atoms with Gasteiger partial charge in [-0.2, -0.15) is 8.42 Å². The molecule has 11 nitrogen and oxygen atoms in total. The van der Waals surface area contributed by atoms with Crippen molar-refractivity contribution in [1.82, 2.24) is 14.8 Å². The van der Waals surface area contributed by atoms with E-state index in [1.54, 1.807) is 26.0 Å². The van der Waals surface area contributed by atoms with E-state index >= 15 is 0 Å². The van der Waals surface area contributed by atoms with Gasteiger partial charge in [0.25, 0.3) is 16.0 Å². The number of aryl methyl sites for hydroxylation is 1. The van der Waals surface area contributed by atoms with Crippen molar-refractivity contribution < 1.29 is 31.6 Å². The van der Waals surface area contributed by atoms with Crippen LogP contribution in [0.4, 0.5) is 0 Å². The second-order valence-electron chi connectivity index (χ2n) is 7.59. The van der Waals surface area contributed by atoms with Gasteiger partial charge < -0.3 is 19.9 Å². The second kappa shape index (κ2) is 7.39. The van der Waals surface area contributed by atoms with Crippen molar-refractivity contribution in [3.05, 3.63) is 42.0 Å². The molecule has 0 bridgehead atoms. The van der Waals surface area contributed by atoms with E-state index < -0.39 is 46.4 Å². The molecule has 2 N–H and O–H groups in total. The molecule has 2 aliphatic rings. The van der Waals surface area contributed by atoms with Gasteiger partial charge in [0.1, 0.15) is 24.6 Å². The van der Waals surface area contributed by atoms with Crippen molar-refractivity contribution in [2.24, 2.45) is 5.73 Å². The number of rotatable bonds is 6. The van der Waals surface area contributed by atoms with Crippen molar-refractivity contribution in [2.75, 3.05) is 6.61 Å². The molecule has 30 heavy (non-hydrogen) atoms. The predicted molar refractivity (Wildman–Crippen MR) is 101 cm³/mol. The predicted octanol–water partition coefficient (Wildman–Crippen LogP) is 0.508. The number of primary amides is 1. The third kappa shape index (κ3) is 3.96. The number of ether oxygens (including phenoxy) is 3. The first-order chi connectivity index (χ1) is 14.1. The minimum Gasteiger partial charge on any atom is -0.363 e. The van der Waals surface area contributed by atoms with Crippen LogP contribution in [-0.2, 0) is 28.5 Å². The molecule has 0 radical (unpaired) electrons.